The molecular weight excluding hydrogens is 260 g/mol. The second-order valence-corrected chi connectivity index (χ2v) is 3.98. The number of amides is 1. The first-order valence-corrected chi connectivity index (χ1v) is 5.09. The lowest BCUT2D eigenvalue weighted by Crippen LogP contribution is -2.12. The van der Waals surface area contributed by atoms with Gasteiger partial charge in [-0.05, 0) is 22.0 Å². The number of aryl methyl sites for hydroxylation is 1. The van der Waals surface area contributed by atoms with Crippen molar-refractivity contribution >= 4 is 27.7 Å². The highest BCUT2D eigenvalue weighted by Gasteiger charge is 2.08. The van der Waals surface area contributed by atoms with Gasteiger partial charge in [0, 0.05) is 30.0 Å². The maximum Gasteiger partial charge on any atom is 0.273 e. The fourth-order valence-corrected chi connectivity index (χ4v) is 1.51. The summed E-state index contributed by atoms with van der Waals surface area (Å²) < 4.78 is 2.47. The van der Waals surface area contributed by atoms with Gasteiger partial charge in [-0.1, -0.05) is 0 Å². The average Bonchev–Trinajstić information content (AvgIpc) is 2.75. The van der Waals surface area contributed by atoms with E-state index in [1.54, 1.807) is 36.3 Å². The van der Waals surface area contributed by atoms with Crippen LogP contribution < -0.4 is 5.32 Å². The topological polar surface area (TPSA) is 62.7 Å². The molecule has 0 atom stereocenters. The van der Waals surface area contributed by atoms with Crippen LogP contribution >= 0.6 is 15.9 Å². The van der Waals surface area contributed by atoms with Crippen molar-refractivity contribution in [3.05, 3.63) is 34.7 Å². The van der Waals surface area contributed by atoms with Gasteiger partial charge < -0.3 is 10.3 Å². The number of carbonyl (C=O) groups excluding carboxylic acids is 1. The normalized spacial score (nSPS) is 10.3. The van der Waals surface area contributed by atoms with Gasteiger partial charge in [0.05, 0.1) is 0 Å². The van der Waals surface area contributed by atoms with E-state index in [4.69, 9.17) is 0 Å². The Morgan fingerprint density at radius 3 is 3.00 bits per heavy atom. The number of aromatic nitrogens is 3. The van der Waals surface area contributed by atoms with Gasteiger partial charge in [-0.2, -0.15) is 5.10 Å². The molecule has 2 aromatic rings. The minimum atomic E-state index is -0.209. The van der Waals surface area contributed by atoms with Gasteiger partial charge in [-0.3, -0.25) is 9.48 Å². The molecular formula is C9H9BrN4O. The number of anilines is 1. The molecule has 0 saturated carbocycles. The van der Waals surface area contributed by atoms with Gasteiger partial charge in [0.15, 0.2) is 5.82 Å². The van der Waals surface area contributed by atoms with Crippen LogP contribution in [-0.4, -0.2) is 20.7 Å². The molecule has 0 aliphatic carbocycles. The Morgan fingerprint density at radius 1 is 1.67 bits per heavy atom. The van der Waals surface area contributed by atoms with E-state index in [1.807, 2.05) is 0 Å². The van der Waals surface area contributed by atoms with Crippen molar-refractivity contribution in [3.8, 4) is 0 Å². The third-order valence-electron chi connectivity index (χ3n) is 1.85. The predicted molar refractivity (Wildman–Crippen MR) is 59.7 cm³/mol. The quantitative estimate of drug-likeness (QED) is 0.872. The standard InChI is InChI=1S/C9H9BrN4O/c1-14-3-2-8(13-14)12-9(15)7-4-6(10)5-11-7/h2-5,11H,1H3,(H,12,13,15). The molecule has 0 spiro atoms. The van der Waals surface area contributed by atoms with E-state index in [1.165, 1.54) is 0 Å². The van der Waals surface area contributed by atoms with Crippen LogP contribution in [-0.2, 0) is 7.05 Å². The van der Waals surface area contributed by atoms with E-state index in [0.717, 1.165) is 4.47 Å². The molecule has 2 N–H and O–H groups in total. The summed E-state index contributed by atoms with van der Waals surface area (Å²) in [7, 11) is 1.79. The van der Waals surface area contributed by atoms with E-state index in [2.05, 4.69) is 31.3 Å². The van der Waals surface area contributed by atoms with Crippen LogP contribution in [0.2, 0.25) is 0 Å². The van der Waals surface area contributed by atoms with Crippen molar-refractivity contribution in [1.29, 1.82) is 0 Å². The van der Waals surface area contributed by atoms with Crippen molar-refractivity contribution in [3.63, 3.8) is 0 Å². The minimum absolute atomic E-state index is 0.209. The van der Waals surface area contributed by atoms with Crippen LogP contribution in [0.3, 0.4) is 0 Å². The zero-order chi connectivity index (χ0) is 10.8. The van der Waals surface area contributed by atoms with E-state index in [0.29, 0.717) is 11.5 Å². The third kappa shape index (κ3) is 2.27. The summed E-state index contributed by atoms with van der Waals surface area (Å²) in [5, 5.41) is 6.71. The van der Waals surface area contributed by atoms with Gasteiger partial charge in [0.2, 0.25) is 0 Å². The molecule has 2 heterocycles. The number of carbonyl (C=O) groups is 1. The molecule has 2 rings (SSSR count). The number of halogens is 1. The first kappa shape index (κ1) is 9.97. The summed E-state index contributed by atoms with van der Waals surface area (Å²) in [5.74, 6) is 0.327. The lowest BCUT2D eigenvalue weighted by Gasteiger charge is -1.98. The van der Waals surface area contributed by atoms with Crippen molar-refractivity contribution < 1.29 is 4.79 Å². The molecule has 0 aliphatic rings. The lowest BCUT2D eigenvalue weighted by atomic mass is 10.4. The zero-order valence-electron chi connectivity index (χ0n) is 7.99. The predicted octanol–water partition coefficient (Wildman–Crippen LogP) is 1.76. The van der Waals surface area contributed by atoms with Crippen LogP contribution in [0.5, 0.6) is 0 Å². The van der Waals surface area contributed by atoms with Crippen molar-refractivity contribution in [2.45, 2.75) is 0 Å². The fraction of sp³-hybridized carbons (Fsp3) is 0.111. The van der Waals surface area contributed by atoms with E-state index < -0.39 is 0 Å². The highest BCUT2D eigenvalue weighted by Crippen LogP contribution is 2.12. The molecule has 0 fully saturated rings. The van der Waals surface area contributed by atoms with Crippen LogP contribution in [0.4, 0.5) is 5.82 Å². The molecule has 0 aliphatic heterocycles. The van der Waals surface area contributed by atoms with Crippen molar-refractivity contribution in [1.82, 2.24) is 14.8 Å². The summed E-state index contributed by atoms with van der Waals surface area (Å²) in [4.78, 5) is 14.5. The maximum absolute atomic E-state index is 11.6. The Bertz CT molecular complexity index is 488. The SMILES string of the molecule is Cn1ccc(NC(=O)c2cc(Br)c[nH]2)n1. The first-order valence-electron chi connectivity index (χ1n) is 4.30. The number of aromatic amines is 1. The monoisotopic (exact) mass is 268 g/mol. The van der Waals surface area contributed by atoms with Gasteiger partial charge in [-0.25, -0.2) is 0 Å². The van der Waals surface area contributed by atoms with Crippen LogP contribution in [0, 0.1) is 0 Å². The summed E-state index contributed by atoms with van der Waals surface area (Å²) >= 11 is 3.26. The smallest absolute Gasteiger partial charge is 0.273 e. The lowest BCUT2D eigenvalue weighted by molar-refractivity contribution is 0.102. The number of rotatable bonds is 2. The summed E-state index contributed by atoms with van der Waals surface area (Å²) in [6, 6.07) is 3.44. The highest BCUT2D eigenvalue weighted by atomic mass is 79.9. The maximum atomic E-state index is 11.6. The molecule has 0 unspecified atom stereocenters. The Labute approximate surface area is 94.6 Å². The average molecular weight is 269 g/mol. The molecule has 2 aromatic heterocycles. The van der Waals surface area contributed by atoms with Crippen LogP contribution in [0.1, 0.15) is 10.5 Å². The Balaban J connectivity index is 2.10. The number of hydrogen-bond acceptors (Lipinski definition) is 2. The molecule has 1 amide bonds. The first-order chi connectivity index (χ1) is 7.15. The number of nitrogens with zero attached hydrogens (tertiary/aromatic N) is 2. The third-order valence-corrected chi connectivity index (χ3v) is 2.31. The van der Waals surface area contributed by atoms with Crippen molar-refractivity contribution in [2.75, 3.05) is 5.32 Å². The summed E-state index contributed by atoms with van der Waals surface area (Å²) in [5.41, 5.74) is 0.493. The Hall–Kier alpha value is -1.56. The largest absolute Gasteiger partial charge is 0.356 e. The van der Waals surface area contributed by atoms with Gasteiger partial charge >= 0.3 is 0 Å². The zero-order valence-corrected chi connectivity index (χ0v) is 9.58. The Kier molecular flexibility index (Phi) is 2.59. The molecule has 0 bridgehead atoms. The second-order valence-electron chi connectivity index (χ2n) is 3.06. The van der Waals surface area contributed by atoms with Crippen molar-refractivity contribution in [2.24, 2.45) is 7.05 Å². The van der Waals surface area contributed by atoms with Gasteiger partial charge in [0.1, 0.15) is 5.69 Å². The second kappa shape index (κ2) is 3.90. The molecule has 15 heavy (non-hydrogen) atoms. The number of hydrogen-bond donors (Lipinski definition) is 2. The van der Waals surface area contributed by atoms with Gasteiger partial charge in [-0.15, -0.1) is 0 Å². The van der Waals surface area contributed by atoms with E-state index in [-0.39, 0.29) is 5.91 Å². The summed E-state index contributed by atoms with van der Waals surface area (Å²) in [6.07, 6.45) is 3.47. The molecule has 6 heteroatoms. The summed E-state index contributed by atoms with van der Waals surface area (Å²) in [6.45, 7) is 0. The fourth-order valence-electron chi connectivity index (χ4n) is 1.16. The molecule has 0 aromatic carbocycles. The highest BCUT2D eigenvalue weighted by molar-refractivity contribution is 9.10. The molecule has 0 radical (unpaired) electrons. The molecule has 0 saturated heterocycles. The molecule has 78 valence electrons. The number of H-pyrrole nitrogens is 1. The van der Waals surface area contributed by atoms with Gasteiger partial charge in [0.25, 0.3) is 5.91 Å². The van der Waals surface area contributed by atoms with Crippen LogP contribution in [0.25, 0.3) is 0 Å². The minimum Gasteiger partial charge on any atom is -0.356 e. The van der Waals surface area contributed by atoms with Crippen LogP contribution in [0.15, 0.2) is 29.0 Å². The van der Waals surface area contributed by atoms with E-state index in [9.17, 15) is 4.79 Å². The molecule has 5 nitrogen and oxygen atoms in total. The van der Waals surface area contributed by atoms with E-state index >= 15 is 0 Å². The Morgan fingerprint density at radius 2 is 2.47 bits per heavy atom. The number of nitrogens with one attached hydrogen (secondary N) is 2.